The summed E-state index contributed by atoms with van der Waals surface area (Å²) in [6, 6.07) is 10.6. The van der Waals surface area contributed by atoms with Gasteiger partial charge in [-0.25, -0.2) is 8.42 Å². The molecular weight excluding hydrogens is 400 g/mol. The second-order valence-electron chi connectivity index (χ2n) is 7.29. The number of hydrogen-bond acceptors (Lipinski definition) is 5. The van der Waals surface area contributed by atoms with Crippen molar-refractivity contribution >= 4 is 21.6 Å². The van der Waals surface area contributed by atoms with E-state index in [2.05, 4.69) is 15.2 Å². The third-order valence-corrected chi connectivity index (χ3v) is 7.44. The largest absolute Gasteiger partial charge is 0.371 e. The van der Waals surface area contributed by atoms with Gasteiger partial charge in [0.05, 0.1) is 10.5 Å². The van der Waals surface area contributed by atoms with Gasteiger partial charge in [-0.15, -0.1) is 0 Å². The Morgan fingerprint density at radius 1 is 1.13 bits per heavy atom. The van der Waals surface area contributed by atoms with Gasteiger partial charge in [0.1, 0.15) is 0 Å². The Labute approximate surface area is 179 Å². The molecule has 1 amide bonds. The molecule has 1 saturated heterocycles. The molecule has 7 nitrogen and oxygen atoms in total. The molecule has 1 aliphatic heterocycles. The minimum absolute atomic E-state index is 0.157. The third-order valence-electron chi connectivity index (χ3n) is 5.40. The van der Waals surface area contributed by atoms with E-state index in [0.717, 1.165) is 37.3 Å². The zero-order valence-corrected chi connectivity index (χ0v) is 18.5. The number of carbonyl (C=O) groups excluding carboxylic acids is 1. The molecule has 2 heterocycles. The minimum atomic E-state index is -3.64. The molecule has 0 spiro atoms. The lowest BCUT2D eigenvalue weighted by molar-refractivity contribution is 0.0954. The molecule has 0 saturated carbocycles. The van der Waals surface area contributed by atoms with Crippen LogP contribution in [0.25, 0.3) is 0 Å². The monoisotopic (exact) mass is 430 g/mol. The lowest BCUT2D eigenvalue weighted by atomic mass is 10.1. The van der Waals surface area contributed by atoms with Gasteiger partial charge in [0.25, 0.3) is 5.91 Å². The van der Waals surface area contributed by atoms with Crippen molar-refractivity contribution in [3.63, 3.8) is 0 Å². The Balaban J connectivity index is 1.86. The van der Waals surface area contributed by atoms with Gasteiger partial charge in [-0.1, -0.05) is 19.9 Å². The molecule has 0 aliphatic carbocycles. The first-order valence-electron chi connectivity index (χ1n) is 10.5. The van der Waals surface area contributed by atoms with Crippen molar-refractivity contribution < 1.29 is 13.2 Å². The van der Waals surface area contributed by atoms with Crippen molar-refractivity contribution in [1.82, 2.24) is 14.6 Å². The number of anilines is 1. The number of pyridine rings is 1. The molecule has 1 aromatic heterocycles. The number of nitrogens with zero attached hydrogens (tertiary/aromatic N) is 3. The van der Waals surface area contributed by atoms with Gasteiger partial charge in [-0.2, -0.15) is 4.31 Å². The molecule has 3 rings (SSSR count). The lowest BCUT2D eigenvalue weighted by Gasteiger charge is -2.23. The van der Waals surface area contributed by atoms with Crippen molar-refractivity contribution in [3.05, 3.63) is 53.9 Å². The maximum Gasteiger partial charge on any atom is 0.253 e. The Morgan fingerprint density at radius 3 is 2.50 bits per heavy atom. The molecule has 0 radical (unpaired) electrons. The van der Waals surface area contributed by atoms with Crippen LogP contribution in [-0.2, 0) is 16.4 Å². The third kappa shape index (κ3) is 4.99. The minimum Gasteiger partial charge on any atom is -0.371 e. The second-order valence-corrected chi connectivity index (χ2v) is 9.23. The summed E-state index contributed by atoms with van der Waals surface area (Å²) in [6.07, 6.45) is 4.48. The normalized spacial score (nSPS) is 14.3. The summed E-state index contributed by atoms with van der Waals surface area (Å²) in [4.78, 5) is 19.6. The molecule has 1 N–H and O–H groups in total. The van der Waals surface area contributed by atoms with Crippen LogP contribution >= 0.6 is 0 Å². The number of aromatic nitrogens is 1. The van der Waals surface area contributed by atoms with Crippen LogP contribution in [-0.4, -0.2) is 56.3 Å². The Kier molecular flexibility index (Phi) is 7.44. The van der Waals surface area contributed by atoms with Gasteiger partial charge in [-0.05, 0) is 43.2 Å². The second kappa shape index (κ2) is 10.0. The van der Waals surface area contributed by atoms with Crippen molar-refractivity contribution in [2.24, 2.45) is 0 Å². The lowest BCUT2D eigenvalue weighted by Crippen LogP contribution is -2.32. The summed E-state index contributed by atoms with van der Waals surface area (Å²) in [5.41, 5.74) is 2.10. The van der Waals surface area contributed by atoms with E-state index in [0.29, 0.717) is 31.6 Å². The van der Waals surface area contributed by atoms with Crippen molar-refractivity contribution in [2.75, 3.05) is 37.6 Å². The van der Waals surface area contributed by atoms with Crippen LogP contribution in [0.15, 0.2) is 47.5 Å². The first-order chi connectivity index (χ1) is 14.5. The quantitative estimate of drug-likeness (QED) is 0.661. The fourth-order valence-electron chi connectivity index (χ4n) is 3.75. The van der Waals surface area contributed by atoms with Gasteiger partial charge in [-0.3, -0.25) is 9.78 Å². The van der Waals surface area contributed by atoms with E-state index in [-0.39, 0.29) is 10.8 Å². The summed E-state index contributed by atoms with van der Waals surface area (Å²) < 4.78 is 27.3. The van der Waals surface area contributed by atoms with Gasteiger partial charge in [0.15, 0.2) is 0 Å². The number of amides is 1. The Bertz CT molecular complexity index is 954. The summed E-state index contributed by atoms with van der Waals surface area (Å²) in [6.45, 7) is 6.57. The Hall–Kier alpha value is -2.45. The van der Waals surface area contributed by atoms with Crippen LogP contribution in [0, 0.1) is 0 Å². The maximum absolute atomic E-state index is 13.0. The predicted molar refractivity (Wildman–Crippen MR) is 118 cm³/mol. The number of benzene rings is 1. The molecule has 1 aliphatic rings. The summed E-state index contributed by atoms with van der Waals surface area (Å²) in [5, 5.41) is 2.93. The molecule has 1 fully saturated rings. The van der Waals surface area contributed by atoms with E-state index >= 15 is 0 Å². The molecule has 1 aromatic carbocycles. The van der Waals surface area contributed by atoms with Crippen LogP contribution in [0.1, 0.15) is 42.7 Å². The predicted octanol–water partition coefficient (Wildman–Crippen LogP) is 2.68. The molecule has 2 aromatic rings. The van der Waals surface area contributed by atoms with Gasteiger partial charge in [0.2, 0.25) is 10.0 Å². The van der Waals surface area contributed by atoms with E-state index in [9.17, 15) is 13.2 Å². The van der Waals surface area contributed by atoms with Gasteiger partial charge < -0.3 is 10.2 Å². The summed E-state index contributed by atoms with van der Waals surface area (Å²) >= 11 is 0. The highest BCUT2D eigenvalue weighted by Crippen LogP contribution is 2.28. The molecule has 162 valence electrons. The van der Waals surface area contributed by atoms with E-state index in [1.54, 1.807) is 18.3 Å². The van der Waals surface area contributed by atoms with Crippen LogP contribution in [0.4, 0.5) is 5.69 Å². The van der Waals surface area contributed by atoms with Gasteiger partial charge in [0, 0.05) is 56.7 Å². The van der Waals surface area contributed by atoms with E-state index in [4.69, 9.17) is 0 Å². The molecule has 0 unspecified atom stereocenters. The fraction of sp³-hybridized carbons (Fsp3) is 0.455. The zero-order valence-electron chi connectivity index (χ0n) is 17.7. The maximum atomic E-state index is 13.0. The molecule has 0 bridgehead atoms. The number of hydrogen-bond donors (Lipinski definition) is 1. The highest BCUT2D eigenvalue weighted by molar-refractivity contribution is 7.89. The van der Waals surface area contributed by atoms with Crippen LogP contribution in [0.5, 0.6) is 0 Å². The summed E-state index contributed by atoms with van der Waals surface area (Å²) in [7, 11) is -3.64. The number of nitrogens with one attached hydrogen (secondary N) is 1. The molecule has 0 atom stereocenters. The van der Waals surface area contributed by atoms with Crippen LogP contribution in [0.3, 0.4) is 0 Å². The average Bonchev–Trinajstić information content (AvgIpc) is 3.29. The van der Waals surface area contributed by atoms with E-state index < -0.39 is 10.0 Å². The van der Waals surface area contributed by atoms with E-state index in [1.807, 2.05) is 32.0 Å². The van der Waals surface area contributed by atoms with Crippen LogP contribution < -0.4 is 10.2 Å². The first-order valence-corrected chi connectivity index (χ1v) is 12.0. The summed E-state index contributed by atoms with van der Waals surface area (Å²) in [5.74, 6) is -0.260. The molecule has 8 heteroatoms. The molecular formula is C22H30N4O3S. The van der Waals surface area contributed by atoms with Crippen molar-refractivity contribution in [3.8, 4) is 0 Å². The number of rotatable bonds is 9. The zero-order chi connectivity index (χ0) is 21.6. The molecule has 30 heavy (non-hydrogen) atoms. The number of carbonyl (C=O) groups is 1. The standard InChI is InChI=1S/C22H30N4O3S/c1-3-26(4-2)30(28,29)19-10-11-21(25-15-7-8-16-25)20(17-19)22(27)24-14-12-18-9-5-6-13-23-18/h5-6,9-11,13,17H,3-4,7-8,12,14-16H2,1-2H3,(H,24,27). The van der Waals surface area contributed by atoms with Crippen molar-refractivity contribution in [1.29, 1.82) is 0 Å². The Morgan fingerprint density at radius 2 is 1.87 bits per heavy atom. The first kappa shape index (κ1) is 22.2. The smallest absolute Gasteiger partial charge is 0.253 e. The van der Waals surface area contributed by atoms with Crippen LogP contribution in [0.2, 0.25) is 0 Å². The van der Waals surface area contributed by atoms with Crippen molar-refractivity contribution in [2.45, 2.75) is 38.0 Å². The average molecular weight is 431 g/mol. The topological polar surface area (TPSA) is 82.6 Å². The highest BCUT2D eigenvalue weighted by Gasteiger charge is 2.26. The SMILES string of the molecule is CCN(CC)S(=O)(=O)c1ccc(N2CCCC2)c(C(=O)NCCc2ccccn2)c1. The van der Waals surface area contributed by atoms with Gasteiger partial charge >= 0.3 is 0 Å². The number of sulfonamides is 1. The highest BCUT2D eigenvalue weighted by atomic mass is 32.2. The van der Waals surface area contributed by atoms with E-state index in [1.165, 1.54) is 10.4 Å². The fourth-order valence-corrected chi connectivity index (χ4v) is 5.23.